The molecule has 1 aromatic rings. The smallest absolute Gasteiger partial charge is 0.0951 e. The van der Waals surface area contributed by atoms with Gasteiger partial charge in [-0.3, -0.25) is 0 Å². The maximum absolute atomic E-state index is 4.23. The third kappa shape index (κ3) is 5.21. The van der Waals surface area contributed by atoms with E-state index in [1.54, 1.807) is 0 Å². The molecule has 1 unspecified atom stereocenters. The molecule has 18 heavy (non-hydrogen) atoms. The zero-order valence-corrected chi connectivity index (χ0v) is 12.4. The summed E-state index contributed by atoms with van der Waals surface area (Å²) in [5, 5.41) is 3.60. The van der Waals surface area contributed by atoms with E-state index in [4.69, 9.17) is 0 Å². The van der Waals surface area contributed by atoms with Crippen LogP contribution in [-0.4, -0.2) is 15.6 Å². The molecule has 1 N–H and O–H groups in total. The average Bonchev–Trinajstić information content (AvgIpc) is 2.80. The molecule has 3 heteroatoms. The van der Waals surface area contributed by atoms with E-state index in [1.807, 2.05) is 12.5 Å². The fraction of sp³-hybridized carbons (Fsp3) is 0.800. The molecule has 0 spiro atoms. The Morgan fingerprint density at radius 3 is 2.67 bits per heavy atom. The number of hydrogen-bond donors (Lipinski definition) is 1. The minimum atomic E-state index is 0.490. The van der Waals surface area contributed by atoms with Crippen molar-refractivity contribution in [3.05, 3.63) is 18.2 Å². The lowest BCUT2D eigenvalue weighted by Crippen LogP contribution is -2.26. The molecular formula is C15H29N3. The Morgan fingerprint density at radius 1 is 1.22 bits per heavy atom. The van der Waals surface area contributed by atoms with Gasteiger partial charge in [-0.1, -0.05) is 32.6 Å². The molecule has 0 amide bonds. The zero-order chi connectivity index (χ0) is 13.4. The standard InChI is InChI=1S/C15H29N3/c1-5-6-7-8-9-14(4)17-11-15-10-16-12-18(15)13(2)3/h10,12-14,17H,5-9,11H2,1-4H3. The highest BCUT2D eigenvalue weighted by Gasteiger charge is 2.07. The maximum Gasteiger partial charge on any atom is 0.0951 e. The van der Waals surface area contributed by atoms with Crippen LogP contribution in [0.15, 0.2) is 12.5 Å². The first-order chi connectivity index (χ1) is 8.65. The summed E-state index contributed by atoms with van der Waals surface area (Å²) in [6, 6.07) is 1.08. The van der Waals surface area contributed by atoms with Gasteiger partial charge in [0.15, 0.2) is 0 Å². The fourth-order valence-electron chi connectivity index (χ4n) is 2.19. The van der Waals surface area contributed by atoms with Gasteiger partial charge in [0.25, 0.3) is 0 Å². The maximum atomic E-state index is 4.23. The van der Waals surface area contributed by atoms with Crippen LogP contribution in [0.4, 0.5) is 0 Å². The van der Waals surface area contributed by atoms with Crippen LogP contribution >= 0.6 is 0 Å². The van der Waals surface area contributed by atoms with Crippen molar-refractivity contribution in [1.29, 1.82) is 0 Å². The Hall–Kier alpha value is -0.830. The largest absolute Gasteiger partial charge is 0.331 e. The molecular weight excluding hydrogens is 222 g/mol. The van der Waals surface area contributed by atoms with E-state index in [9.17, 15) is 0 Å². The molecule has 3 nitrogen and oxygen atoms in total. The summed E-state index contributed by atoms with van der Waals surface area (Å²) < 4.78 is 2.23. The molecule has 1 atom stereocenters. The van der Waals surface area contributed by atoms with Crippen LogP contribution in [0.1, 0.15) is 71.5 Å². The number of nitrogens with zero attached hydrogens (tertiary/aromatic N) is 2. The van der Waals surface area contributed by atoms with Crippen LogP contribution in [-0.2, 0) is 6.54 Å². The van der Waals surface area contributed by atoms with Crippen molar-refractivity contribution in [2.45, 2.75) is 78.4 Å². The minimum absolute atomic E-state index is 0.490. The highest BCUT2D eigenvalue weighted by atomic mass is 15.1. The van der Waals surface area contributed by atoms with Crippen molar-refractivity contribution in [3.63, 3.8) is 0 Å². The lowest BCUT2D eigenvalue weighted by Gasteiger charge is -2.16. The molecule has 0 bridgehead atoms. The monoisotopic (exact) mass is 251 g/mol. The molecule has 0 saturated heterocycles. The molecule has 1 aromatic heterocycles. The molecule has 0 aliphatic heterocycles. The van der Waals surface area contributed by atoms with Crippen molar-refractivity contribution < 1.29 is 0 Å². The second-order valence-corrected chi connectivity index (χ2v) is 5.52. The van der Waals surface area contributed by atoms with Gasteiger partial charge in [0.05, 0.1) is 12.0 Å². The van der Waals surface area contributed by atoms with Crippen LogP contribution in [0.3, 0.4) is 0 Å². The van der Waals surface area contributed by atoms with Gasteiger partial charge in [-0.15, -0.1) is 0 Å². The number of imidazole rings is 1. The Kier molecular flexibility index (Phi) is 7.02. The summed E-state index contributed by atoms with van der Waals surface area (Å²) in [6.45, 7) is 9.85. The number of rotatable bonds is 9. The number of nitrogens with one attached hydrogen (secondary N) is 1. The second kappa shape index (κ2) is 8.30. The van der Waals surface area contributed by atoms with Crippen molar-refractivity contribution in [2.75, 3.05) is 0 Å². The van der Waals surface area contributed by atoms with E-state index in [-0.39, 0.29) is 0 Å². The van der Waals surface area contributed by atoms with E-state index < -0.39 is 0 Å². The predicted octanol–water partition coefficient (Wildman–Crippen LogP) is 3.91. The number of hydrogen-bond acceptors (Lipinski definition) is 2. The van der Waals surface area contributed by atoms with Gasteiger partial charge >= 0.3 is 0 Å². The molecule has 1 rings (SSSR count). The van der Waals surface area contributed by atoms with Gasteiger partial charge in [-0.25, -0.2) is 4.98 Å². The molecule has 0 aliphatic rings. The molecule has 0 aliphatic carbocycles. The van der Waals surface area contributed by atoms with Crippen molar-refractivity contribution in [2.24, 2.45) is 0 Å². The Labute approximate surface area is 112 Å². The zero-order valence-electron chi connectivity index (χ0n) is 12.4. The molecule has 0 radical (unpaired) electrons. The third-order valence-electron chi connectivity index (χ3n) is 3.42. The highest BCUT2D eigenvalue weighted by Crippen LogP contribution is 2.10. The fourth-order valence-corrected chi connectivity index (χ4v) is 2.19. The van der Waals surface area contributed by atoms with E-state index in [2.05, 4.69) is 42.6 Å². The first-order valence-electron chi connectivity index (χ1n) is 7.39. The van der Waals surface area contributed by atoms with Crippen LogP contribution in [0, 0.1) is 0 Å². The van der Waals surface area contributed by atoms with Crippen LogP contribution < -0.4 is 5.32 Å². The summed E-state index contributed by atoms with van der Waals surface area (Å²) in [7, 11) is 0. The highest BCUT2D eigenvalue weighted by molar-refractivity contribution is 4.99. The molecule has 0 aromatic carbocycles. The topological polar surface area (TPSA) is 29.9 Å². The van der Waals surface area contributed by atoms with Gasteiger partial charge in [0, 0.05) is 24.8 Å². The SMILES string of the molecule is CCCCCCC(C)NCc1cncn1C(C)C. The minimum Gasteiger partial charge on any atom is -0.331 e. The summed E-state index contributed by atoms with van der Waals surface area (Å²) in [6.07, 6.45) is 10.6. The molecule has 1 heterocycles. The Bertz CT molecular complexity index is 317. The first-order valence-corrected chi connectivity index (χ1v) is 7.39. The summed E-state index contributed by atoms with van der Waals surface area (Å²) in [4.78, 5) is 4.23. The molecule has 0 saturated carbocycles. The van der Waals surface area contributed by atoms with Gasteiger partial charge in [0.1, 0.15) is 0 Å². The lowest BCUT2D eigenvalue weighted by molar-refractivity contribution is 0.466. The van der Waals surface area contributed by atoms with E-state index >= 15 is 0 Å². The van der Waals surface area contributed by atoms with Crippen molar-refractivity contribution in [3.8, 4) is 0 Å². The van der Waals surface area contributed by atoms with Gasteiger partial charge in [-0.05, 0) is 27.2 Å². The van der Waals surface area contributed by atoms with E-state index in [0.717, 1.165) is 6.54 Å². The normalized spacial score (nSPS) is 13.2. The Morgan fingerprint density at radius 2 is 2.00 bits per heavy atom. The number of unbranched alkanes of at least 4 members (excludes halogenated alkanes) is 3. The first kappa shape index (κ1) is 15.2. The van der Waals surface area contributed by atoms with Gasteiger partial charge in [-0.2, -0.15) is 0 Å². The number of aromatic nitrogens is 2. The van der Waals surface area contributed by atoms with Gasteiger partial charge < -0.3 is 9.88 Å². The van der Waals surface area contributed by atoms with Crippen LogP contribution in [0.5, 0.6) is 0 Å². The van der Waals surface area contributed by atoms with Crippen LogP contribution in [0.25, 0.3) is 0 Å². The molecule has 104 valence electrons. The van der Waals surface area contributed by atoms with Crippen molar-refractivity contribution in [1.82, 2.24) is 14.9 Å². The summed E-state index contributed by atoms with van der Waals surface area (Å²) in [5.41, 5.74) is 1.28. The average molecular weight is 251 g/mol. The second-order valence-electron chi connectivity index (χ2n) is 5.52. The predicted molar refractivity (Wildman–Crippen MR) is 77.7 cm³/mol. The van der Waals surface area contributed by atoms with E-state index in [0.29, 0.717) is 12.1 Å². The quantitative estimate of drug-likeness (QED) is 0.674. The summed E-state index contributed by atoms with van der Waals surface area (Å²) >= 11 is 0. The molecule has 0 fully saturated rings. The third-order valence-corrected chi connectivity index (χ3v) is 3.42. The Balaban J connectivity index is 2.25. The van der Waals surface area contributed by atoms with Crippen molar-refractivity contribution >= 4 is 0 Å². The van der Waals surface area contributed by atoms with Gasteiger partial charge in [0.2, 0.25) is 0 Å². The van der Waals surface area contributed by atoms with E-state index in [1.165, 1.54) is 37.8 Å². The summed E-state index contributed by atoms with van der Waals surface area (Å²) in [5.74, 6) is 0. The van der Waals surface area contributed by atoms with Crippen LogP contribution in [0.2, 0.25) is 0 Å². The lowest BCUT2D eigenvalue weighted by atomic mass is 10.1.